The van der Waals surface area contributed by atoms with Crippen molar-refractivity contribution in [1.29, 1.82) is 0 Å². The second-order valence-electron chi connectivity index (χ2n) is 9.65. The fraction of sp³-hybridized carbons (Fsp3) is 0.226. The fourth-order valence-corrected chi connectivity index (χ4v) is 6.72. The van der Waals surface area contributed by atoms with Crippen LogP contribution in [0.3, 0.4) is 0 Å². The standard InChI is InChI=1S/C31H29N3O4S2/c1-18-23-15-21(39)16-26-28(23)34-30(2,40-26)29(18)38-31(33-3,27(36)17-32)24-8-6-5-7-22(24)25(35)14-11-19-9-12-20(37-4)13-10-19/h5-16,33H,17,32H2,1-4H3. The maximum absolute atomic E-state index is 13.7. The predicted molar refractivity (Wildman–Crippen MR) is 164 cm³/mol. The quantitative estimate of drug-likeness (QED) is 0.180. The van der Waals surface area contributed by atoms with Crippen molar-refractivity contribution in [2.45, 2.75) is 24.4 Å². The molecular weight excluding hydrogens is 542 g/mol. The van der Waals surface area contributed by atoms with Gasteiger partial charge in [0.15, 0.2) is 10.7 Å². The number of hydrogen-bond donors (Lipinski definition) is 2. The Bertz CT molecular complexity index is 1590. The highest BCUT2D eigenvalue weighted by Gasteiger charge is 2.52. The summed E-state index contributed by atoms with van der Waals surface area (Å²) in [4.78, 5) is 33.1. The van der Waals surface area contributed by atoms with Crippen LogP contribution in [0, 0.1) is 0 Å². The number of nitrogens with one attached hydrogen (secondary N) is 1. The molecule has 2 heterocycles. The summed E-state index contributed by atoms with van der Waals surface area (Å²) in [5, 5.41) is 3.08. The Hall–Kier alpha value is -3.63. The molecule has 3 N–H and O–H groups in total. The summed E-state index contributed by atoms with van der Waals surface area (Å²) in [6.07, 6.45) is 7.03. The average molecular weight is 572 g/mol. The highest BCUT2D eigenvalue weighted by Crippen LogP contribution is 2.55. The van der Waals surface area contributed by atoms with E-state index in [9.17, 15) is 9.59 Å². The molecule has 2 aliphatic heterocycles. The first kappa shape index (κ1) is 27.9. The minimum atomic E-state index is -1.74. The van der Waals surface area contributed by atoms with Gasteiger partial charge in [-0.15, -0.1) is 0 Å². The zero-order chi connectivity index (χ0) is 28.7. The smallest absolute Gasteiger partial charge is 0.247 e. The lowest BCUT2D eigenvalue weighted by molar-refractivity contribution is -0.144. The molecule has 0 amide bonds. The maximum atomic E-state index is 13.7. The first-order valence-electron chi connectivity index (χ1n) is 12.7. The summed E-state index contributed by atoms with van der Waals surface area (Å²) in [7, 11) is 3.22. The molecule has 7 nitrogen and oxygen atoms in total. The van der Waals surface area contributed by atoms with Crippen LogP contribution in [0.15, 0.2) is 93.6 Å². The van der Waals surface area contributed by atoms with Gasteiger partial charge in [-0.1, -0.05) is 66.5 Å². The number of hydrogen-bond acceptors (Lipinski definition) is 9. The number of ether oxygens (including phenoxy) is 2. The molecule has 0 radical (unpaired) electrons. The van der Waals surface area contributed by atoms with Gasteiger partial charge in [-0.25, -0.2) is 0 Å². The van der Waals surface area contributed by atoms with E-state index in [0.29, 0.717) is 21.8 Å². The topological polar surface area (TPSA) is 103 Å². The van der Waals surface area contributed by atoms with Gasteiger partial charge in [0.2, 0.25) is 11.5 Å². The molecule has 2 bridgehead atoms. The lowest BCUT2D eigenvalue weighted by Crippen LogP contribution is -2.54. The molecule has 2 unspecified atom stereocenters. The summed E-state index contributed by atoms with van der Waals surface area (Å²) in [6.45, 7) is 3.58. The van der Waals surface area contributed by atoms with E-state index in [1.165, 1.54) is 17.8 Å². The van der Waals surface area contributed by atoms with E-state index < -0.39 is 16.4 Å². The number of nitrogens with two attached hydrogens (primary N) is 1. The summed E-state index contributed by atoms with van der Waals surface area (Å²) in [6, 6.07) is 14.3. The van der Waals surface area contributed by atoms with Crippen molar-refractivity contribution in [3.63, 3.8) is 0 Å². The van der Waals surface area contributed by atoms with Crippen LogP contribution < -0.4 is 15.8 Å². The summed E-state index contributed by atoms with van der Waals surface area (Å²) in [5.74, 6) is 0.515. The summed E-state index contributed by atoms with van der Waals surface area (Å²) < 4.78 is 12.0. The molecule has 2 aromatic carbocycles. The largest absolute Gasteiger partial charge is 0.497 e. The maximum Gasteiger partial charge on any atom is 0.247 e. The molecule has 3 aliphatic rings. The number of likely N-dealkylation sites (N-methyl/N-ethyl adjacent to an activating group) is 1. The Kier molecular flexibility index (Phi) is 7.50. The Morgan fingerprint density at radius 2 is 1.90 bits per heavy atom. The third kappa shape index (κ3) is 4.69. The number of aliphatic imine (C=N–C) groups is 1. The molecule has 1 aliphatic carbocycles. The molecule has 2 aromatic rings. The van der Waals surface area contributed by atoms with Crippen molar-refractivity contribution >= 4 is 52.2 Å². The molecule has 0 saturated carbocycles. The zero-order valence-electron chi connectivity index (χ0n) is 22.6. The van der Waals surface area contributed by atoms with Gasteiger partial charge in [-0.3, -0.25) is 19.9 Å². The highest BCUT2D eigenvalue weighted by atomic mass is 32.2. The van der Waals surface area contributed by atoms with E-state index in [1.54, 1.807) is 44.5 Å². The van der Waals surface area contributed by atoms with E-state index in [4.69, 9.17) is 32.4 Å². The van der Waals surface area contributed by atoms with Gasteiger partial charge < -0.3 is 15.2 Å². The average Bonchev–Trinajstić information content (AvgIpc) is 3.30. The predicted octanol–water partition coefficient (Wildman–Crippen LogP) is 4.89. The number of fused-ring (bicyclic) bond motifs is 1. The molecule has 0 spiro atoms. The van der Waals surface area contributed by atoms with Crippen molar-refractivity contribution in [2.75, 3.05) is 20.7 Å². The van der Waals surface area contributed by atoms with E-state index in [2.05, 4.69) is 5.32 Å². The van der Waals surface area contributed by atoms with Crippen LogP contribution in [0.1, 0.15) is 35.3 Å². The van der Waals surface area contributed by atoms with Crippen LogP contribution in [-0.4, -0.2) is 47.7 Å². The number of benzene rings is 2. The van der Waals surface area contributed by atoms with Crippen LogP contribution in [0.5, 0.6) is 5.75 Å². The van der Waals surface area contributed by atoms with E-state index in [-0.39, 0.29) is 12.3 Å². The van der Waals surface area contributed by atoms with Crippen molar-refractivity contribution in [3.8, 4) is 5.75 Å². The molecular formula is C31H29N3O4S2. The first-order valence-corrected chi connectivity index (χ1v) is 13.9. The Labute approximate surface area is 242 Å². The minimum Gasteiger partial charge on any atom is -0.497 e. The fourth-order valence-electron chi connectivity index (χ4n) is 5.12. The number of rotatable bonds is 10. The molecule has 5 rings (SSSR count). The molecule has 0 fully saturated rings. The van der Waals surface area contributed by atoms with Crippen molar-refractivity contribution in [3.05, 3.63) is 105 Å². The molecule has 9 heteroatoms. The van der Waals surface area contributed by atoms with Gasteiger partial charge in [0.05, 0.1) is 19.4 Å². The van der Waals surface area contributed by atoms with Gasteiger partial charge in [-0.05, 0) is 62.4 Å². The number of Topliss-reactive ketones (excluding diaryl/α,β-unsaturated/α-hetero) is 1. The Balaban J connectivity index is 1.58. The number of methoxy groups -OCH3 is 1. The lowest BCUT2D eigenvalue weighted by Gasteiger charge is -2.39. The number of dihydropyridines is 1. The third-order valence-corrected chi connectivity index (χ3v) is 8.59. The van der Waals surface area contributed by atoms with Gasteiger partial charge in [0.1, 0.15) is 11.5 Å². The lowest BCUT2D eigenvalue weighted by atomic mass is 9.89. The number of carbonyl (C=O) groups excluding carboxylic acids is 2. The minimum absolute atomic E-state index is 0.287. The number of nitrogens with zero attached hydrogens (tertiary/aromatic N) is 1. The molecule has 0 saturated heterocycles. The number of ketones is 2. The van der Waals surface area contributed by atoms with Gasteiger partial charge in [-0.2, -0.15) is 0 Å². The van der Waals surface area contributed by atoms with Crippen LogP contribution >= 0.6 is 24.0 Å². The van der Waals surface area contributed by atoms with Crippen molar-refractivity contribution in [2.24, 2.45) is 10.7 Å². The third-order valence-electron chi connectivity index (χ3n) is 7.15. The number of carbonyl (C=O) groups is 2. The van der Waals surface area contributed by atoms with Crippen LogP contribution in [0.4, 0.5) is 0 Å². The molecule has 204 valence electrons. The van der Waals surface area contributed by atoms with E-state index in [1.807, 2.05) is 50.3 Å². The van der Waals surface area contributed by atoms with Crippen LogP contribution in [0.25, 0.3) is 6.08 Å². The van der Waals surface area contributed by atoms with Gasteiger partial charge in [0, 0.05) is 26.5 Å². The zero-order valence-corrected chi connectivity index (χ0v) is 24.2. The first-order chi connectivity index (χ1) is 19.2. The SMILES string of the molecule is CNC(OC1=C(C)C2=CC(=S)C=C3SC1(C)N=C32)(C(=O)CN)c1ccccc1C(=O)C=Cc1ccc(OC)cc1. The van der Waals surface area contributed by atoms with Gasteiger partial charge in [0.25, 0.3) is 0 Å². The molecule has 0 aromatic heterocycles. The second kappa shape index (κ2) is 10.7. The van der Waals surface area contributed by atoms with Crippen molar-refractivity contribution < 1.29 is 19.1 Å². The number of allylic oxidation sites excluding steroid dienone is 6. The number of thiocarbonyl (C=S) groups is 1. The second-order valence-corrected chi connectivity index (χ2v) is 11.6. The Morgan fingerprint density at radius 1 is 1.18 bits per heavy atom. The summed E-state index contributed by atoms with van der Waals surface area (Å²) >= 11 is 7.02. The van der Waals surface area contributed by atoms with Crippen LogP contribution in [-0.2, 0) is 15.3 Å². The van der Waals surface area contributed by atoms with E-state index >= 15 is 0 Å². The normalized spacial score (nSPS) is 21.0. The van der Waals surface area contributed by atoms with Crippen molar-refractivity contribution in [1.82, 2.24) is 5.32 Å². The van der Waals surface area contributed by atoms with E-state index in [0.717, 1.165) is 33.1 Å². The Morgan fingerprint density at radius 3 is 2.58 bits per heavy atom. The monoisotopic (exact) mass is 571 g/mol. The molecule has 2 atom stereocenters. The molecule has 40 heavy (non-hydrogen) atoms. The highest BCUT2D eigenvalue weighted by molar-refractivity contribution is 8.06. The van der Waals surface area contributed by atoms with Gasteiger partial charge >= 0.3 is 0 Å². The van der Waals surface area contributed by atoms with Crippen LogP contribution in [0.2, 0.25) is 0 Å². The summed E-state index contributed by atoms with van der Waals surface area (Å²) in [5.41, 5.74) is 8.29. The number of thioether (sulfide) groups is 1.